The van der Waals surface area contributed by atoms with Crippen LogP contribution in [0.3, 0.4) is 0 Å². The second kappa shape index (κ2) is 5.31. The van der Waals surface area contributed by atoms with Crippen LogP contribution in [0.4, 0.5) is 11.4 Å². The predicted molar refractivity (Wildman–Crippen MR) is 88.2 cm³/mol. The zero-order chi connectivity index (χ0) is 15.7. The van der Waals surface area contributed by atoms with Crippen molar-refractivity contribution in [3.05, 3.63) is 54.7 Å². The first-order valence-corrected chi connectivity index (χ1v) is 8.59. The first-order valence-electron chi connectivity index (χ1n) is 6.62. The van der Waals surface area contributed by atoms with Gasteiger partial charge in [-0.3, -0.25) is 4.98 Å². The number of anilines is 2. The van der Waals surface area contributed by atoms with E-state index >= 15 is 0 Å². The normalized spacial score (nSPS) is 13.7. The van der Waals surface area contributed by atoms with E-state index in [0.717, 1.165) is 22.3 Å². The molecular formula is C16H15N3O2S. The fraction of sp³-hybridized carbons (Fsp3) is 0.0625. The van der Waals surface area contributed by atoms with Crippen molar-refractivity contribution in [2.75, 3.05) is 11.6 Å². The molecule has 6 heteroatoms. The minimum Gasteiger partial charge on any atom is -0.508 e. The summed E-state index contributed by atoms with van der Waals surface area (Å²) in [6.45, 7) is 0. The number of aromatic nitrogens is 1. The molecule has 0 spiro atoms. The van der Waals surface area contributed by atoms with Gasteiger partial charge in [-0.05, 0) is 36.4 Å². The molecule has 3 rings (SSSR count). The molecule has 0 amide bonds. The van der Waals surface area contributed by atoms with E-state index in [1.54, 1.807) is 48.7 Å². The Hall–Kier alpha value is -2.60. The van der Waals surface area contributed by atoms with Crippen molar-refractivity contribution in [2.24, 2.45) is 0 Å². The Morgan fingerprint density at radius 1 is 1.18 bits per heavy atom. The molecule has 2 aromatic carbocycles. The van der Waals surface area contributed by atoms with Crippen LogP contribution >= 0.6 is 0 Å². The van der Waals surface area contributed by atoms with Gasteiger partial charge in [-0.2, -0.15) is 0 Å². The molecule has 1 unspecified atom stereocenters. The minimum atomic E-state index is -2.79. The van der Waals surface area contributed by atoms with Crippen LogP contribution in [0.15, 0.2) is 59.6 Å². The molecule has 22 heavy (non-hydrogen) atoms. The zero-order valence-corrected chi connectivity index (χ0v) is 12.7. The highest BCUT2D eigenvalue weighted by Crippen LogP contribution is 2.28. The monoisotopic (exact) mass is 313 g/mol. The molecule has 0 radical (unpaired) electrons. The molecular weight excluding hydrogens is 298 g/mol. The van der Waals surface area contributed by atoms with E-state index in [1.165, 1.54) is 6.26 Å². The summed E-state index contributed by atoms with van der Waals surface area (Å²) in [4.78, 5) is 4.75. The van der Waals surface area contributed by atoms with Crippen molar-refractivity contribution in [1.82, 2.24) is 4.98 Å². The van der Waals surface area contributed by atoms with Crippen LogP contribution in [0.2, 0.25) is 0 Å². The maximum absolute atomic E-state index is 11.9. The van der Waals surface area contributed by atoms with Gasteiger partial charge in [0.15, 0.2) is 0 Å². The number of hydrogen-bond donors (Lipinski definition) is 3. The van der Waals surface area contributed by atoms with Gasteiger partial charge in [-0.1, -0.05) is 6.07 Å². The average molecular weight is 313 g/mol. The molecule has 5 nitrogen and oxygen atoms in total. The SMILES string of the molecule is CS(=N)(=O)c1ccc2nccc(Nc3cccc(O)c3)c2c1. The third-order valence-corrected chi connectivity index (χ3v) is 4.44. The first kappa shape index (κ1) is 14.3. The highest BCUT2D eigenvalue weighted by Gasteiger charge is 2.08. The quantitative estimate of drug-likeness (QED) is 0.688. The molecule has 0 aliphatic heterocycles. The smallest absolute Gasteiger partial charge is 0.117 e. The van der Waals surface area contributed by atoms with E-state index in [9.17, 15) is 9.32 Å². The van der Waals surface area contributed by atoms with Crippen molar-refractivity contribution < 1.29 is 9.32 Å². The molecule has 0 saturated heterocycles. The van der Waals surface area contributed by atoms with Gasteiger partial charge in [0, 0.05) is 40.2 Å². The topological polar surface area (TPSA) is 86.1 Å². The highest BCUT2D eigenvalue weighted by atomic mass is 32.2. The number of nitrogens with zero attached hydrogens (tertiary/aromatic N) is 1. The molecule has 1 heterocycles. The van der Waals surface area contributed by atoms with Gasteiger partial charge >= 0.3 is 0 Å². The summed E-state index contributed by atoms with van der Waals surface area (Å²) >= 11 is 0. The second-order valence-corrected chi connectivity index (χ2v) is 7.22. The Morgan fingerprint density at radius 3 is 2.73 bits per heavy atom. The number of pyridine rings is 1. The summed E-state index contributed by atoms with van der Waals surface area (Å²) < 4.78 is 19.7. The van der Waals surface area contributed by atoms with E-state index in [1.807, 2.05) is 6.07 Å². The molecule has 1 aromatic heterocycles. The summed E-state index contributed by atoms with van der Waals surface area (Å²) in [5.41, 5.74) is 2.26. The van der Waals surface area contributed by atoms with Crippen LogP contribution in [-0.2, 0) is 9.73 Å². The van der Waals surface area contributed by atoms with E-state index in [-0.39, 0.29) is 5.75 Å². The molecule has 0 aliphatic rings. The maximum Gasteiger partial charge on any atom is 0.117 e. The summed E-state index contributed by atoms with van der Waals surface area (Å²) in [7, 11) is -2.79. The van der Waals surface area contributed by atoms with Gasteiger partial charge in [0.25, 0.3) is 0 Å². The van der Waals surface area contributed by atoms with Gasteiger partial charge in [0.05, 0.1) is 15.2 Å². The van der Waals surface area contributed by atoms with Crippen molar-refractivity contribution >= 4 is 32.0 Å². The Kier molecular flexibility index (Phi) is 3.46. The number of aromatic hydroxyl groups is 1. The molecule has 0 saturated carbocycles. The molecule has 3 N–H and O–H groups in total. The lowest BCUT2D eigenvalue weighted by atomic mass is 10.2. The van der Waals surface area contributed by atoms with Crippen molar-refractivity contribution in [3.8, 4) is 5.75 Å². The lowest BCUT2D eigenvalue weighted by molar-refractivity contribution is 0.475. The molecule has 112 valence electrons. The Labute approximate surface area is 128 Å². The fourth-order valence-corrected chi connectivity index (χ4v) is 2.89. The minimum absolute atomic E-state index is 0.173. The fourth-order valence-electron chi connectivity index (χ4n) is 2.22. The molecule has 0 fully saturated rings. The Morgan fingerprint density at radius 2 is 2.00 bits per heavy atom. The largest absolute Gasteiger partial charge is 0.508 e. The first-order chi connectivity index (χ1) is 10.4. The van der Waals surface area contributed by atoms with E-state index in [4.69, 9.17) is 4.78 Å². The number of phenolic OH excluding ortho intramolecular Hbond substituents is 1. The summed E-state index contributed by atoms with van der Waals surface area (Å²) in [5.74, 6) is 0.173. The van der Waals surface area contributed by atoms with E-state index in [2.05, 4.69) is 10.3 Å². The second-order valence-electron chi connectivity index (χ2n) is 5.06. The Balaban J connectivity index is 2.13. The maximum atomic E-state index is 11.9. The molecule has 0 aliphatic carbocycles. The van der Waals surface area contributed by atoms with Gasteiger partial charge in [-0.15, -0.1) is 0 Å². The molecule has 1 atom stereocenters. The van der Waals surface area contributed by atoms with Gasteiger partial charge in [0.1, 0.15) is 5.75 Å². The zero-order valence-electron chi connectivity index (χ0n) is 11.9. The van der Waals surface area contributed by atoms with Crippen LogP contribution < -0.4 is 5.32 Å². The van der Waals surface area contributed by atoms with E-state index in [0.29, 0.717) is 4.90 Å². The summed E-state index contributed by atoms with van der Waals surface area (Å²) in [6.07, 6.45) is 3.07. The van der Waals surface area contributed by atoms with Gasteiger partial charge in [-0.25, -0.2) is 8.99 Å². The summed E-state index contributed by atoms with van der Waals surface area (Å²) in [5, 5.41) is 13.5. The lowest BCUT2D eigenvalue weighted by Crippen LogP contribution is -1.97. The number of phenols is 1. The Bertz CT molecular complexity index is 953. The number of rotatable bonds is 3. The van der Waals surface area contributed by atoms with Gasteiger partial charge in [0.2, 0.25) is 0 Å². The third-order valence-electron chi connectivity index (χ3n) is 3.29. The highest BCUT2D eigenvalue weighted by molar-refractivity contribution is 7.91. The molecule has 0 bridgehead atoms. The number of nitrogens with one attached hydrogen (secondary N) is 2. The van der Waals surface area contributed by atoms with Crippen LogP contribution in [-0.4, -0.2) is 20.6 Å². The predicted octanol–water partition coefficient (Wildman–Crippen LogP) is 3.72. The van der Waals surface area contributed by atoms with Crippen molar-refractivity contribution in [1.29, 1.82) is 4.78 Å². The van der Waals surface area contributed by atoms with Crippen LogP contribution in [0.1, 0.15) is 0 Å². The van der Waals surface area contributed by atoms with Gasteiger partial charge < -0.3 is 10.4 Å². The molecule has 3 aromatic rings. The lowest BCUT2D eigenvalue weighted by Gasteiger charge is -2.11. The summed E-state index contributed by atoms with van der Waals surface area (Å²) in [6, 6.07) is 13.8. The standard InChI is InChI=1S/C16H15N3O2S/c1-22(17,21)13-5-6-15-14(10-13)16(7-8-18-15)19-11-3-2-4-12(20)9-11/h2-10,17,20H,1H3,(H,18,19). The number of fused-ring (bicyclic) bond motifs is 1. The number of benzene rings is 2. The van der Waals surface area contributed by atoms with Crippen LogP contribution in [0.25, 0.3) is 10.9 Å². The third kappa shape index (κ3) is 2.87. The number of hydrogen-bond acceptors (Lipinski definition) is 5. The van der Waals surface area contributed by atoms with Crippen LogP contribution in [0, 0.1) is 4.78 Å². The van der Waals surface area contributed by atoms with Crippen LogP contribution in [0.5, 0.6) is 5.75 Å². The average Bonchev–Trinajstić information content (AvgIpc) is 2.46. The van der Waals surface area contributed by atoms with E-state index < -0.39 is 9.73 Å². The van der Waals surface area contributed by atoms with Crippen molar-refractivity contribution in [2.45, 2.75) is 4.90 Å². The van der Waals surface area contributed by atoms with Crippen molar-refractivity contribution in [3.63, 3.8) is 0 Å².